The van der Waals surface area contributed by atoms with Gasteiger partial charge in [0.2, 0.25) is 0 Å². The van der Waals surface area contributed by atoms with Gasteiger partial charge in [-0.2, -0.15) is 0 Å². The molecule has 1 aliphatic rings. The lowest BCUT2D eigenvalue weighted by Gasteiger charge is -2.00. The van der Waals surface area contributed by atoms with Crippen LogP contribution in [0.3, 0.4) is 0 Å². The lowest BCUT2D eigenvalue weighted by atomic mass is 10.1. The van der Waals surface area contributed by atoms with Gasteiger partial charge in [0.25, 0.3) is 5.69 Å². The minimum absolute atomic E-state index is 0.155. The van der Waals surface area contributed by atoms with Gasteiger partial charge in [0.1, 0.15) is 0 Å². The van der Waals surface area contributed by atoms with Crippen LogP contribution in [-0.2, 0) is 6.42 Å². The molecule has 0 atom stereocenters. The van der Waals surface area contributed by atoms with Crippen LogP contribution in [0.5, 0.6) is 0 Å². The molecule has 0 spiro atoms. The monoisotopic (exact) mass is 243 g/mol. The average Bonchev–Trinajstić information content (AvgIpc) is 2.64. The molecule has 3 rings (SSSR count). The summed E-state index contributed by atoms with van der Waals surface area (Å²) in [6.45, 7) is 0. The van der Waals surface area contributed by atoms with Crippen LogP contribution in [0.25, 0.3) is 11.1 Å². The Bertz CT molecular complexity index is 637. The first-order chi connectivity index (χ1) is 8.15. The van der Waals surface area contributed by atoms with Crippen molar-refractivity contribution in [2.24, 2.45) is 0 Å². The van der Waals surface area contributed by atoms with E-state index in [1.165, 1.54) is 5.56 Å². The summed E-state index contributed by atoms with van der Waals surface area (Å²) < 4.78 is 0. The minimum Gasteiger partial charge on any atom is -0.258 e. The molecule has 17 heavy (non-hydrogen) atoms. The van der Waals surface area contributed by atoms with Crippen molar-refractivity contribution in [2.45, 2.75) is 11.3 Å². The third-order valence-corrected chi connectivity index (χ3v) is 3.34. The van der Waals surface area contributed by atoms with Crippen molar-refractivity contribution in [3.63, 3.8) is 0 Å². The second-order valence-electron chi connectivity index (χ2n) is 4.12. The van der Waals surface area contributed by atoms with Gasteiger partial charge in [0.15, 0.2) is 0 Å². The maximum atomic E-state index is 10.7. The maximum absolute atomic E-state index is 10.7. The van der Waals surface area contributed by atoms with Crippen LogP contribution in [0.2, 0.25) is 0 Å². The SMILES string of the molecule is O=[N+]([O-])c1ccc2c(c1)Cc1cc(S)ccc1-2. The number of rotatable bonds is 1. The van der Waals surface area contributed by atoms with Crippen LogP contribution < -0.4 is 0 Å². The van der Waals surface area contributed by atoms with Crippen LogP contribution >= 0.6 is 12.6 Å². The lowest BCUT2D eigenvalue weighted by molar-refractivity contribution is -0.384. The quantitative estimate of drug-likeness (QED) is 0.404. The van der Waals surface area contributed by atoms with Gasteiger partial charge in [-0.1, -0.05) is 6.07 Å². The van der Waals surface area contributed by atoms with Gasteiger partial charge >= 0.3 is 0 Å². The third kappa shape index (κ3) is 1.61. The highest BCUT2D eigenvalue weighted by Gasteiger charge is 2.20. The van der Waals surface area contributed by atoms with Crippen molar-refractivity contribution < 1.29 is 4.92 Å². The molecule has 1 aliphatic carbocycles. The molecule has 3 nitrogen and oxygen atoms in total. The fourth-order valence-electron chi connectivity index (χ4n) is 2.30. The van der Waals surface area contributed by atoms with Gasteiger partial charge < -0.3 is 0 Å². The number of thiol groups is 1. The van der Waals surface area contributed by atoms with Crippen molar-refractivity contribution in [1.29, 1.82) is 0 Å². The van der Waals surface area contributed by atoms with Gasteiger partial charge in [-0.05, 0) is 46.9 Å². The Kier molecular flexibility index (Phi) is 2.19. The normalized spacial score (nSPS) is 12.1. The number of hydrogen-bond donors (Lipinski definition) is 1. The second-order valence-corrected chi connectivity index (χ2v) is 4.63. The number of nitrogens with zero attached hydrogens (tertiary/aromatic N) is 1. The minimum atomic E-state index is -0.354. The van der Waals surface area contributed by atoms with E-state index in [1.807, 2.05) is 24.3 Å². The van der Waals surface area contributed by atoms with E-state index in [-0.39, 0.29) is 10.6 Å². The first-order valence-corrected chi connectivity index (χ1v) is 5.69. The average molecular weight is 243 g/mol. The molecule has 0 saturated heterocycles. The topological polar surface area (TPSA) is 43.1 Å². The van der Waals surface area contributed by atoms with E-state index in [0.717, 1.165) is 28.0 Å². The maximum Gasteiger partial charge on any atom is 0.269 e. The van der Waals surface area contributed by atoms with Crippen LogP contribution in [-0.4, -0.2) is 4.92 Å². The summed E-state index contributed by atoms with van der Waals surface area (Å²) in [4.78, 5) is 11.3. The molecule has 0 saturated carbocycles. The highest BCUT2D eigenvalue weighted by molar-refractivity contribution is 7.80. The molecule has 0 unspecified atom stereocenters. The zero-order valence-corrected chi connectivity index (χ0v) is 9.78. The molecule has 2 aromatic carbocycles. The van der Waals surface area contributed by atoms with Crippen molar-refractivity contribution >= 4 is 18.3 Å². The van der Waals surface area contributed by atoms with Crippen molar-refractivity contribution in [3.05, 3.63) is 57.6 Å². The number of nitro benzene ring substituents is 1. The molecule has 0 fully saturated rings. The third-order valence-electron chi connectivity index (χ3n) is 3.06. The van der Waals surface area contributed by atoms with E-state index >= 15 is 0 Å². The number of benzene rings is 2. The summed E-state index contributed by atoms with van der Waals surface area (Å²) in [6, 6.07) is 11.0. The van der Waals surface area contributed by atoms with Gasteiger partial charge in [-0.15, -0.1) is 12.6 Å². The molecule has 0 heterocycles. The van der Waals surface area contributed by atoms with Gasteiger partial charge in [-0.25, -0.2) is 0 Å². The number of fused-ring (bicyclic) bond motifs is 3. The number of hydrogen-bond acceptors (Lipinski definition) is 3. The first-order valence-electron chi connectivity index (χ1n) is 5.25. The first kappa shape index (κ1) is 10.4. The Balaban J connectivity index is 2.15. The van der Waals surface area contributed by atoms with Crippen molar-refractivity contribution in [1.82, 2.24) is 0 Å². The zero-order valence-electron chi connectivity index (χ0n) is 8.88. The van der Waals surface area contributed by atoms with E-state index < -0.39 is 0 Å². The molecular formula is C13H9NO2S. The highest BCUT2D eigenvalue weighted by Crippen LogP contribution is 2.38. The molecule has 0 radical (unpaired) electrons. The van der Waals surface area contributed by atoms with Gasteiger partial charge in [0.05, 0.1) is 4.92 Å². The largest absolute Gasteiger partial charge is 0.269 e. The Morgan fingerprint density at radius 2 is 1.71 bits per heavy atom. The molecule has 0 amide bonds. The summed E-state index contributed by atoms with van der Waals surface area (Å²) in [6.07, 6.45) is 0.751. The van der Waals surface area contributed by atoms with E-state index in [0.29, 0.717) is 0 Å². The van der Waals surface area contributed by atoms with Crippen LogP contribution in [0.1, 0.15) is 11.1 Å². The summed E-state index contributed by atoms with van der Waals surface area (Å²) in [5.74, 6) is 0. The Morgan fingerprint density at radius 3 is 2.41 bits per heavy atom. The molecule has 0 bridgehead atoms. The molecule has 0 N–H and O–H groups in total. The predicted octanol–water partition coefficient (Wildman–Crippen LogP) is 3.45. The van der Waals surface area contributed by atoms with E-state index in [2.05, 4.69) is 12.6 Å². The van der Waals surface area contributed by atoms with Crippen molar-refractivity contribution in [3.8, 4) is 11.1 Å². The van der Waals surface area contributed by atoms with E-state index in [4.69, 9.17) is 0 Å². The fraction of sp³-hybridized carbons (Fsp3) is 0.0769. The molecule has 2 aromatic rings. The van der Waals surface area contributed by atoms with Gasteiger partial charge in [0, 0.05) is 17.0 Å². The summed E-state index contributed by atoms with van der Waals surface area (Å²) in [5.41, 5.74) is 4.62. The van der Waals surface area contributed by atoms with Crippen LogP contribution in [0.4, 0.5) is 5.69 Å². The van der Waals surface area contributed by atoms with Crippen molar-refractivity contribution in [2.75, 3.05) is 0 Å². The van der Waals surface area contributed by atoms with Crippen LogP contribution in [0, 0.1) is 10.1 Å². The summed E-state index contributed by atoms with van der Waals surface area (Å²) >= 11 is 4.31. The van der Waals surface area contributed by atoms with Gasteiger partial charge in [-0.3, -0.25) is 10.1 Å². The number of nitro groups is 1. The van der Waals surface area contributed by atoms with E-state index in [1.54, 1.807) is 12.1 Å². The Morgan fingerprint density at radius 1 is 1.06 bits per heavy atom. The zero-order chi connectivity index (χ0) is 12.0. The Hall–Kier alpha value is -1.81. The molecule has 0 aromatic heterocycles. The van der Waals surface area contributed by atoms with E-state index in [9.17, 15) is 10.1 Å². The molecule has 4 heteroatoms. The van der Waals surface area contributed by atoms with Crippen LogP contribution in [0.15, 0.2) is 41.3 Å². The number of non-ortho nitro benzene ring substituents is 1. The molecule has 84 valence electrons. The second kappa shape index (κ2) is 3.60. The molecular weight excluding hydrogens is 234 g/mol. The molecule has 0 aliphatic heterocycles. The summed E-state index contributed by atoms with van der Waals surface area (Å²) in [7, 11) is 0. The fourth-order valence-corrected chi connectivity index (χ4v) is 2.53. The predicted molar refractivity (Wildman–Crippen MR) is 68.6 cm³/mol. The lowest BCUT2D eigenvalue weighted by Crippen LogP contribution is -1.89. The highest BCUT2D eigenvalue weighted by atomic mass is 32.1. The Labute approximate surface area is 104 Å². The summed E-state index contributed by atoms with van der Waals surface area (Å²) in [5, 5.41) is 10.7. The smallest absolute Gasteiger partial charge is 0.258 e. The standard InChI is InChI=1S/C13H9NO2S/c15-14(16)10-1-3-12-8(6-10)5-9-7-11(17)2-4-13(9)12/h1-4,6-7,17H,5H2.